The highest BCUT2D eigenvalue weighted by Crippen LogP contribution is 2.31. The summed E-state index contributed by atoms with van der Waals surface area (Å²) in [6, 6.07) is 2.44. The Labute approximate surface area is 126 Å². The molecule has 2 heterocycles. The number of fused-ring (bicyclic) bond motifs is 1. The molecule has 1 saturated heterocycles. The van der Waals surface area contributed by atoms with E-state index < -0.39 is 17.7 Å². The minimum Gasteiger partial charge on any atom is -0.550 e. The number of likely N-dealkylation sites (tertiary alicyclic amines) is 1. The van der Waals surface area contributed by atoms with Crippen molar-refractivity contribution >= 4 is 11.9 Å². The third-order valence-electron chi connectivity index (χ3n) is 4.02. The van der Waals surface area contributed by atoms with Crippen LogP contribution >= 0.6 is 0 Å². The van der Waals surface area contributed by atoms with Crippen LogP contribution in [0.3, 0.4) is 0 Å². The zero-order valence-corrected chi connectivity index (χ0v) is 11.8. The number of nitrogens with zero attached hydrogens (tertiary/aromatic N) is 1. The largest absolute Gasteiger partial charge is 0.550 e. The van der Waals surface area contributed by atoms with Crippen molar-refractivity contribution in [1.82, 2.24) is 4.90 Å². The fourth-order valence-electron chi connectivity index (χ4n) is 2.83. The molecule has 2 aliphatic heterocycles. The molecule has 0 aliphatic carbocycles. The van der Waals surface area contributed by atoms with Crippen LogP contribution in [-0.4, -0.2) is 36.7 Å². The summed E-state index contributed by atoms with van der Waals surface area (Å²) in [5.74, 6) is -2.15. The summed E-state index contributed by atoms with van der Waals surface area (Å²) >= 11 is 0. The van der Waals surface area contributed by atoms with Crippen LogP contribution in [0.4, 0.5) is 4.39 Å². The zero-order chi connectivity index (χ0) is 15.7. The van der Waals surface area contributed by atoms with Gasteiger partial charge in [-0.2, -0.15) is 0 Å². The molecule has 1 amide bonds. The summed E-state index contributed by atoms with van der Waals surface area (Å²) in [5.41, 5.74) is 0.657. The van der Waals surface area contributed by atoms with Crippen LogP contribution in [0.1, 0.15) is 28.8 Å². The normalized spacial score (nSPS) is 18.5. The zero-order valence-electron chi connectivity index (χ0n) is 11.8. The van der Waals surface area contributed by atoms with Crippen molar-refractivity contribution < 1.29 is 28.6 Å². The molecule has 0 unspecified atom stereocenters. The number of carbonyl (C=O) groups excluding carboxylic acids is 2. The Morgan fingerprint density at radius 2 is 2.00 bits per heavy atom. The van der Waals surface area contributed by atoms with E-state index in [1.165, 1.54) is 11.0 Å². The number of aliphatic carboxylic acids is 1. The average molecular weight is 308 g/mol. The van der Waals surface area contributed by atoms with Gasteiger partial charge in [0.2, 0.25) is 0 Å². The molecule has 7 heteroatoms. The molecule has 0 aromatic heterocycles. The van der Waals surface area contributed by atoms with Gasteiger partial charge in [0.1, 0.15) is 11.6 Å². The average Bonchev–Trinajstić information content (AvgIpc) is 2.53. The second-order valence-corrected chi connectivity index (χ2v) is 5.44. The van der Waals surface area contributed by atoms with Crippen LogP contribution < -0.4 is 9.84 Å². The molecule has 0 saturated carbocycles. The van der Waals surface area contributed by atoms with Gasteiger partial charge in [0.15, 0.2) is 6.79 Å². The third kappa shape index (κ3) is 2.76. The minimum atomic E-state index is -1.09. The summed E-state index contributed by atoms with van der Waals surface area (Å²) in [5, 5.41) is 10.8. The number of piperidine rings is 1. The van der Waals surface area contributed by atoms with E-state index in [1.807, 2.05) is 0 Å². The van der Waals surface area contributed by atoms with Gasteiger partial charge in [-0.25, -0.2) is 4.39 Å². The Kier molecular flexibility index (Phi) is 3.98. The van der Waals surface area contributed by atoms with Crippen LogP contribution in [0.2, 0.25) is 0 Å². The Balaban J connectivity index is 1.81. The highest BCUT2D eigenvalue weighted by Gasteiger charge is 2.28. The number of hydrogen-bond donors (Lipinski definition) is 0. The quantitative estimate of drug-likeness (QED) is 0.785. The highest BCUT2D eigenvalue weighted by molar-refractivity contribution is 5.97. The Morgan fingerprint density at radius 3 is 2.68 bits per heavy atom. The molecule has 0 bridgehead atoms. The van der Waals surface area contributed by atoms with E-state index in [9.17, 15) is 19.1 Å². The first-order chi connectivity index (χ1) is 10.6. The SMILES string of the molecule is O=C([O-])C1CCN(C(=O)c2cc(F)cc3c2OCOC3)CC1. The van der Waals surface area contributed by atoms with Crippen molar-refractivity contribution in [1.29, 1.82) is 0 Å². The van der Waals surface area contributed by atoms with Crippen LogP contribution in [0.5, 0.6) is 5.75 Å². The van der Waals surface area contributed by atoms with Crippen molar-refractivity contribution in [2.45, 2.75) is 19.4 Å². The number of hydrogen-bond acceptors (Lipinski definition) is 5. The lowest BCUT2D eigenvalue weighted by Crippen LogP contribution is -2.43. The van der Waals surface area contributed by atoms with E-state index in [0.717, 1.165) is 6.07 Å². The molecule has 1 aromatic rings. The van der Waals surface area contributed by atoms with E-state index in [1.54, 1.807) is 0 Å². The molecular formula is C15H15FNO5-. The van der Waals surface area contributed by atoms with Crippen LogP contribution in [0.25, 0.3) is 0 Å². The fourth-order valence-corrected chi connectivity index (χ4v) is 2.83. The smallest absolute Gasteiger partial charge is 0.257 e. The molecule has 0 atom stereocenters. The molecule has 1 aromatic carbocycles. The minimum absolute atomic E-state index is 0.0195. The lowest BCUT2D eigenvalue weighted by Gasteiger charge is -2.33. The van der Waals surface area contributed by atoms with Gasteiger partial charge in [-0.05, 0) is 25.0 Å². The van der Waals surface area contributed by atoms with E-state index in [-0.39, 0.29) is 24.9 Å². The molecule has 22 heavy (non-hydrogen) atoms. The summed E-state index contributed by atoms with van der Waals surface area (Å²) in [6.07, 6.45) is 0.686. The van der Waals surface area contributed by atoms with Gasteiger partial charge >= 0.3 is 0 Å². The van der Waals surface area contributed by atoms with Gasteiger partial charge in [-0.15, -0.1) is 0 Å². The summed E-state index contributed by atoms with van der Waals surface area (Å²) < 4.78 is 24.1. The van der Waals surface area contributed by atoms with Crippen molar-refractivity contribution in [2.24, 2.45) is 5.92 Å². The number of ether oxygens (including phenoxy) is 2. The maximum atomic E-state index is 13.7. The number of halogens is 1. The molecule has 0 radical (unpaired) electrons. The molecule has 6 nitrogen and oxygen atoms in total. The van der Waals surface area contributed by atoms with Gasteiger partial charge in [0.05, 0.1) is 12.2 Å². The summed E-state index contributed by atoms with van der Waals surface area (Å²) in [4.78, 5) is 24.9. The number of rotatable bonds is 2. The predicted molar refractivity (Wildman–Crippen MR) is 70.3 cm³/mol. The predicted octanol–water partition coefficient (Wildman–Crippen LogP) is 0.294. The van der Waals surface area contributed by atoms with Gasteiger partial charge in [-0.1, -0.05) is 0 Å². The van der Waals surface area contributed by atoms with E-state index in [4.69, 9.17) is 9.47 Å². The first kappa shape index (κ1) is 14.8. The first-order valence-electron chi connectivity index (χ1n) is 7.09. The van der Waals surface area contributed by atoms with Crippen LogP contribution in [0.15, 0.2) is 12.1 Å². The Hall–Kier alpha value is -2.15. The number of carboxylic acids is 1. The maximum Gasteiger partial charge on any atom is 0.257 e. The van der Waals surface area contributed by atoms with E-state index in [0.29, 0.717) is 37.2 Å². The van der Waals surface area contributed by atoms with Gasteiger partial charge < -0.3 is 24.3 Å². The second-order valence-electron chi connectivity index (χ2n) is 5.44. The van der Waals surface area contributed by atoms with Crippen molar-refractivity contribution in [3.05, 3.63) is 29.1 Å². The van der Waals surface area contributed by atoms with E-state index in [2.05, 4.69) is 0 Å². The molecular weight excluding hydrogens is 293 g/mol. The lowest BCUT2D eigenvalue weighted by molar-refractivity contribution is -0.312. The monoisotopic (exact) mass is 308 g/mol. The second kappa shape index (κ2) is 5.92. The van der Waals surface area contributed by atoms with Crippen molar-refractivity contribution in [3.63, 3.8) is 0 Å². The van der Waals surface area contributed by atoms with Gasteiger partial charge in [-0.3, -0.25) is 4.79 Å². The van der Waals surface area contributed by atoms with Gasteiger partial charge in [0, 0.05) is 30.5 Å². The number of carbonyl (C=O) groups is 2. The lowest BCUT2D eigenvalue weighted by atomic mass is 9.96. The highest BCUT2D eigenvalue weighted by atomic mass is 19.1. The number of amides is 1. The van der Waals surface area contributed by atoms with E-state index >= 15 is 0 Å². The molecule has 0 N–H and O–H groups in total. The number of carboxylic acid groups (broad SMARTS) is 1. The van der Waals surface area contributed by atoms with Crippen molar-refractivity contribution in [2.75, 3.05) is 19.9 Å². The standard InChI is InChI=1S/C15H16FNO5/c16-11-5-10-7-21-8-22-13(10)12(6-11)14(18)17-3-1-9(2-4-17)15(19)20/h5-6,9H,1-4,7-8H2,(H,19,20)/p-1. The van der Waals surface area contributed by atoms with Gasteiger partial charge in [0.25, 0.3) is 5.91 Å². The molecule has 118 valence electrons. The molecule has 0 spiro atoms. The maximum absolute atomic E-state index is 13.7. The van der Waals surface area contributed by atoms with Crippen LogP contribution in [0, 0.1) is 11.7 Å². The summed E-state index contributed by atoms with van der Waals surface area (Å²) in [6.45, 7) is 0.824. The Morgan fingerprint density at radius 1 is 1.27 bits per heavy atom. The molecule has 3 rings (SSSR count). The molecule has 2 aliphatic rings. The fraction of sp³-hybridized carbons (Fsp3) is 0.467. The Bertz CT molecular complexity index is 610. The first-order valence-corrected chi connectivity index (χ1v) is 7.09. The topological polar surface area (TPSA) is 78.9 Å². The van der Waals surface area contributed by atoms with Crippen LogP contribution in [-0.2, 0) is 16.1 Å². The third-order valence-corrected chi connectivity index (χ3v) is 4.02. The molecule has 1 fully saturated rings. The number of benzene rings is 1. The summed E-state index contributed by atoms with van der Waals surface area (Å²) in [7, 11) is 0. The van der Waals surface area contributed by atoms with Crippen molar-refractivity contribution in [3.8, 4) is 5.75 Å².